The third-order valence-corrected chi connectivity index (χ3v) is 7.62. The van der Waals surface area contributed by atoms with Crippen molar-refractivity contribution >= 4 is 18.0 Å². The average molecular weight is 479 g/mol. The summed E-state index contributed by atoms with van der Waals surface area (Å²) in [6.45, 7) is 2.09. The van der Waals surface area contributed by atoms with E-state index in [4.69, 9.17) is 4.74 Å². The third kappa shape index (κ3) is 5.19. The molecule has 1 unspecified atom stereocenters. The minimum Gasteiger partial charge on any atom is -0.481 e. The van der Waals surface area contributed by atoms with Gasteiger partial charge in [0.25, 0.3) is 0 Å². The molecule has 7 heteroatoms. The molecule has 0 heterocycles. The van der Waals surface area contributed by atoms with Gasteiger partial charge < -0.3 is 20.1 Å². The number of alkyl carbamates (subject to hydrolysis) is 1. The molecule has 2 aliphatic carbocycles. The second-order valence-electron chi connectivity index (χ2n) is 9.86. The van der Waals surface area contributed by atoms with Crippen molar-refractivity contribution in [2.45, 2.75) is 56.9 Å². The van der Waals surface area contributed by atoms with Crippen LogP contribution in [0.15, 0.2) is 48.5 Å². The molecule has 2 aromatic rings. The van der Waals surface area contributed by atoms with Crippen molar-refractivity contribution in [3.05, 3.63) is 59.7 Å². The van der Waals surface area contributed by atoms with Crippen molar-refractivity contribution < 1.29 is 24.2 Å². The van der Waals surface area contributed by atoms with Gasteiger partial charge in [-0.3, -0.25) is 9.59 Å². The first-order chi connectivity index (χ1) is 16.8. The number of nitrogens with one attached hydrogen (secondary N) is 1. The van der Waals surface area contributed by atoms with E-state index in [2.05, 4.69) is 29.6 Å². The Balaban J connectivity index is 1.32. The minimum absolute atomic E-state index is 0.0273. The summed E-state index contributed by atoms with van der Waals surface area (Å²) in [5.41, 5.74) is 3.96. The Hall–Kier alpha value is -3.35. The van der Waals surface area contributed by atoms with Gasteiger partial charge in [0.1, 0.15) is 6.61 Å². The van der Waals surface area contributed by atoms with Gasteiger partial charge in [-0.1, -0.05) is 74.7 Å². The van der Waals surface area contributed by atoms with E-state index < -0.39 is 23.5 Å². The molecule has 0 aromatic heterocycles. The smallest absolute Gasteiger partial charge is 0.407 e. The maximum absolute atomic E-state index is 13.1. The van der Waals surface area contributed by atoms with Gasteiger partial charge in [0.05, 0.1) is 17.9 Å². The number of aliphatic carboxylic acids is 1. The first kappa shape index (κ1) is 24.8. The van der Waals surface area contributed by atoms with Crippen LogP contribution in [0.25, 0.3) is 11.1 Å². The molecule has 0 saturated heterocycles. The number of fused-ring (bicyclic) bond motifs is 3. The molecule has 7 nitrogen and oxygen atoms in total. The Morgan fingerprint density at radius 3 is 2.17 bits per heavy atom. The maximum Gasteiger partial charge on any atom is 0.407 e. The van der Waals surface area contributed by atoms with Crippen LogP contribution in [0.2, 0.25) is 0 Å². The molecular weight excluding hydrogens is 444 g/mol. The molecule has 2 amide bonds. The Labute approximate surface area is 206 Å². The molecule has 186 valence electrons. The monoisotopic (exact) mass is 478 g/mol. The van der Waals surface area contributed by atoms with Crippen LogP contribution in [0.4, 0.5) is 4.79 Å². The molecule has 35 heavy (non-hydrogen) atoms. The van der Waals surface area contributed by atoms with Gasteiger partial charge in [-0.05, 0) is 35.1 Å². The SMILES string of the molecule is CC(CNC(=O)OCC1c2ccccc2-c2ccccc21)C(=O)N(C)C1(CC(=O)O)CCCCC1. The first-order valence-corrected chi connectivity index (χ1v) is 12.4. The lowest BCUT2D eigenvalue weighted by molar-refractivity contribution is -0.147. The van der Waals surface area contributed by atoms with Crippen molar-refractivity contribution in [1.82, 2.24) is 10.2 Å². The number of benzene rings is 2. The van der Waals surface area contributed by atoms with Crippen LogP contribution in [0, 0.1) is 5.92 Å². The van der Waals surface area contributed by atoms with Gasteiger partial charge in [0, 0.05) is 19.5 Å². The number of nitrogens with zero attached hydrogens (tertiary/aromatic N) is 1. The van der Waals surface area contributed by atoms with E-state index in [1.165, 1.54) is 0 Å². The maximum atomic E-state index is 13.1. The second kappa shape index (κ2) is 10.5. The number of hydrogen-bond donors (Lipinski definition) is 2. The summed E-state index contributed by atoms with van der Waals surface area (Å²) >= 11 is 0. The predicted octanol–water partition coefficient (Wildman–Crippen LogP) is 4.80. The van der Waals surface area contributed by atoms with Gasteiger partial charge in [-0.15, -0.1) is 0 Å². The van der Waals surface area contributed by atoms with Gasteiger partial charge in [0.15, 0.2) is 0 Å². The molecule has 2 aliphatic rings. The molecule has 1 saturated carbocycles. The first-order valence-electron chi connectivity index (χ1n) is 12.4. The molecule has 1 fully saturated rings. The highest BCUT2D eigenvalue weighted by atomic mass is 16.5. The predicted molar refractivity (Wildman–Crippen MR) is 133 cm³/mol. The highest BCUT2D eigenvalue weighted by Crippen LogP contribution is 2.44. The zero-order chi connectivity index (χ0) is 25.0. The number of ether oxygens (including phenoxy) is 1. The number of amides is 2. The van der Waals surface area contributed by atoms with Crippen molar-refractivity contribution in [1.29, 1.82) is 0 Å². The van der Waals surface area contributed by atoms with E-state index in [1.807, 2.05) is 24.3 Å². The average Bonchev–Trinajstić information content (AvgIpc) is 3.19. The van der Waals surface area contributed by atoms with Crippen molar-refractivity contribution in [2.75, 3.05) is 20.2 Å². The zero-order valence-electron chi connectivity index (χ0n) is 20.5. The van der Waals surface area contributed by atoms with Crippen LogP contribution in [0.5, 0.6) is 0 Å². The lowest BCUT2D eigenvalue weighted by Gasteiger charge is -2.44. The molecule has 4 rings (SSSR count). The van der Waals surface area contributed by atoms with Crippen LogP contribution in [0.3, 0.4) is 0 Å². The van der Waals surface area contributed by atoms with Crippen LogP contribution >= 0.6 is 0 Å². The largest absolute Gasteiger partial charge is 0.481 e. The zero-order valence-corrected chi connectivity index (χ0v) is 20.5. The molecule has 2 aromatic carbocycles. The molecule has 0 bridgehead atoms. The number of rotatable bonds is 8. The van der Waals surface area contributed by atoms with Crippen molar-refractivity contribution in [2.24, 2.45) is 5.92 Å². The summed E-state index contributed by atoms with van der Waals surface area (Å²) < 4.78 is 5.57. The summed E-state index contributed by atoms with van der Waals surface area (Å²) in [6, 6.07) is 16.3. The fourth-order valence-electron chi connectivity index (χ4n) is 5.66. The second-order valence-corrected chi connectivity index (χ2v) is 9.86. The fourth-order valence-corrected chi connectivity index (χ4v) is 5.66. The molecule has 0 spiro atoms. The Bertz CT molecular complexity index is 1050. The highest BCUT2D eigenvalue weighted by molar-refractivity contribution is 5.81. The standard InChI is InChI=1S/C28H34N2O5/c1-19(26(33)30(2)28(16-25(31)32)14-8-3-9-15-28)17-29-27(34)35-18-24-22-12-6-4-10-20(22)21-11-5-7-13-23(21)24/h4-7,10-13,19,24H,3,8-9,14-18H2,1-2H3,(H,29,34)(H,31,32). The van der Waals surface area contributed by atoms with Crippen LogP contribution in [-0.4, -0.2) is 53.7 Å². The number of carbonyl (C=O) groups is 3. The van der Waals surface area contributed by atoms with Crippen LogP contribution in [-0.2, 0) is 14.3 Å². The van der Waals surface area contributed by atoms with E-state index in [1.54, 1.807) is 18.9 Å². The molecule has 0 aliphatic heterocycles. The minimum atomic E-state index is -0.893. The van der Waals surface area contributed by atoms with E-state index in [0.29, 0.717) is 12.8 Å². The Morgan fingerprint density at radius 2 is 1.60 bits per heavy atom. The number of carboxylic acids is 1. The van der Waals surface area contributed by atoms with Gasteiger partial charge in [-0.2, -0.15) is 0 Å². The van der Waals surface area contributed by atoms with Crippen LogP contribution in [0.1, 0.15) is 62.5 Å². The van der Waals surface area contributed by atoms with E-state index in [-0.39, 0.29) is 31.4 Å². The topological polar surface area (TPSA) is 95.9 Å². The third-order valence-electron chi connectivity index (χ3n) is 7.62. The van der Waals surface area contributed by atoms with E-state index in [9.17, 15) is 19.5 Å². The van der Waals surface area contributed by atoms with Crippen molar-refractivity contribution in [3.8, 4) is 11.1 Å². The summed E-state index contributed by atoms with van der Waals surface area (Å²) in [4.78, 5) is 38.7. The number of carbonyl (C=O) groups excluding carboxylic acids is 2. The summed E-state index contributed by atoms with van der Waals surface area (Å²) in [7, 11) is 1.69. The highest BCUT2D eigenvalue weighted by Gasteiger charge is 2.41. The summed E-state index contributed by atoms with van der Waals surface area (Å²) in [5, 5.41) is 12.2. The fraction of sp³-hybridized carbons (Fsp3) is 0.464. The van der Waals surface area contributed by atoms with Gasteiger partial charge in [-0.25, -0.2) is 4.79 Å². The van der Waals surface area contributed by atoms with Gasteiger partial charge in [0.2, 0.25) is 5.91 Å². The summed E-state index contributed by atoms with van der Waals surface area (Å²) in [5.74, 6) is -1.57. The molecule has 2 N–H and O–H groups in total. The number of carboxylic acid groups (broad SMARTS) is 1. The molecule has 0 radical (unpaired) electrons. The van der Waals surface area contributed by atoms with E-state index in [0.717, 1.165) is 41.5 Å². The lowest BCUT2D eigenvalue weighted by Crippen LogP contribution is -2.54. The molecular formula is C28H34N2O5. The quantitative estimate of drug-likeness (QED) is 0.568. The van der Waals surface area contributed by atoms with Gasteiger partial charge >= 0.3 is 12.1 Å². The number of hydrogen-bond acceptors (Lipinski definition) is 4. The molecule has 1 atom stereocenters. The Morgan fingerprint density at radius 1 is 1.03 bits per heavy atom. The normalized spacial score (nSPS) is 17.1. The van der Waals surface area contributed by atoms with E-state index >= 15 is 0 Å². The lowest BCUT2D eigenvalue weighted by atomic mass is 9.77. The van der Waals surface area contributed by atoms with Crippen molar-refractivity contribution in [3.63, 3.8) is 0 Å². The summed E-state index contributed by atoms with van der Waals surface area (Å²) in [6.07, 6.45) is 3.65. The van der Waals surface area contributed by atoms with Crippen LogP contribution < -0.4 is 5.32 Å². The Kier molecular flexibility index (Phi) is 7.43.